The molecule has 108 valence electrons. The number of rotatable bonds is 6. The van der Waals surface area contributed by atoms with Gasteiger partial charge >= 0.3 is 0 Å². The van der Waals surface area contributed by atoms with Gasteiger partial charge in [-0.15, -0.1) is 0 Å². The first kappa shape index (κ1) is 15.2. The maximum atomic E-state index is 10.2. The highest BCUT2D eigenvalue weighted by molar-refractivity contribution is 7.08. The van der Waals surface area contributed by atoms with Gasteiger partial charge in [0.1, 0.15) is 0 Å². The number of aryl methyl sites for hydroxylation is 1. The van der Waals surface area contributed by atoms with Gasteiger partial charge in [-0.2, -0.15) is 11.3 Å². The summed E-state index contributed by atoms with van der Waals surface area (Å²) in [5.74, 6) is 0.529. The third-order valence-electron chi connectivity index (χ3n) is 3.60. The Labute approximate surface area is 125 Å². The zero-order valence-corrected chi connectivity index (χ0v) is 13.2. The molecular weight excluding hydrogens is 266 g/mol. The second kappa shape index (κ2) is 7.02. The van der Waals surface area contributed by atoms with Crippen LogP contribution in [0, 0.1) is 6.92 Å². The third kappa shape index (κ3) is 3.92. The summed E-state index contributed by atoms with van der Waals surface area (Å²) in [4.78, 5) is 0. The number of benzene rings is 1. The van der Waals surface area contributed by atoms with Gasteiger partial charge in [0.05, 0.1) is 6.10 Å². The van der Waals surface area contributed by atoms with Gasteiger partial charge in [0.2, 0.25) is 0 Å². The minimum atomic E-state index is -0.449. The summed E-state index contributed by atoms with van der Waals surface area (Å²) in [6.07, 6.45) is -0.449. The van der Waals surface area contributed by atoms with Gasteiger partial charge in [-0.3, -0.25) is 0 Å². The molecule has 0 saturated heterocycles. The molecular formula is C17H23NOS. The molecule has 20 heavy (non-hydrogen) atoms. The lowest BCUT2D eigenvalue weighted by atomic mass is 10.00. The van der Waals surface area contributed by atoms with Crippen LogP contribution in [-0.4, -0.2) is 11.7 Å². The van der Waals surface area contributed by atoms with Crippen LogP contribution >= 0.6 is 11.3 Å². The Kier molecular flexibility index (Phi) is 5.35. The molecule has 1 heterocycles. The van der Waals surface area contributed by atoms with Crippen molar-refractivity contribution in [3.8, 4) is 0 Å². The summed E-state index contributed by atoms with van der Waals surface area (Å²) in [7, 11) is 0. The van der Waals surface area contributed by atoms with Crippen LogP contribution in [0.3, 0.4) is 0 Å². The van der Waals surface area contributed by atoms with E-state index in [1.54, 1.807) is 11.3 Å². The lowest BCUT2D eigenvalue weighted by Gasteiger charge is -2.13. The number of aliphatic hydroxyl groups excluding tert-OH is 1. The largest absolute Gasteiger partial charge is 0.387 e. The molecule has 0 aliphatic carbocycles. The molecule has 2 nitrogen and oxygen atoms in total. The van der Waals surface area contributed by atoms with Gasteiger partial charge in [-0.25, -0.2) is 0 Å². The van der Waals surface area contributed by atoms with E-state index >= 15 is 0 Å². The molecule has 0 aliphatic rings. The highest BCUT2D eigenvalue weighted by atomic mass is 32.1. The number of hydrogen-bond donors (Lipinski definition) is 2. The Morgan fingerprint density at radius 3 is 2.30 bits per heavy atom. The van der Waals surface area contributed by atoms with E-state index in [0.29, 0.717) is 12.5 Å². The fraction of sp³-hybridized carbons (Fsp3) is 0.412. The smallest absolute Gasteiger partial charge is 0.0914 e. The average molecular weight is 289 g/mol. The highest BCUT2D eigenvalue weighted by Gasteiger charge is 2.08. The van der Waals surface area contributed by atoms with E-state index in [1.165, 1.54) is 16.7 Å². The van der Waals surface area contributed by atoms with Crippen LogP contribution in [0.5, 0.6) is 0 Å². The Balaban J connectivity index is 1.85. The summed E-state index contributed by atoms with van der Waals surface area (Å²) < 4.78 is 0. The number of thiophene rings is 1. The molecule has 2 rings (SSSR count). The molecule has 3 heteroatoms. The van der Waals surface area contributed by atoms with Gasteiger partial charge in [0.15, 0.2) is 0 Å². The maximum absolute atomic E-state index is 10.2. The Bertz CT molecular complexity index is 530. The first-order chi connectivity index (χ1) is 9.58. The number of nitrogens with one attached hydrogen (secondary N) is 1. The Morgan fingerprint density at radius 1 is 1.10 bits per heavy atom. The van der Waals surface area contributed by atoms with Gasteiger partial charge < -0.3 is 10.4 Å². The van der Waals surface area contributed by atoms with E-state index in [4.69, 9.17) is 0 Å². The predicted molar refractivity (Wildman–Crippen MR) is 86.3 cm³/mol. The number of aliphatic hydroxyl groups is 1. The van der Waals surface area contributed by atoms with E-state index in [-0.39, 0.29) is 0 Å². The average Bonchev–Trinajstić information content (AvgIpc) is 2.84. The predicted octanol–water partition coefficient (Wildman–Crippen LogP) is 4.00. The van der Waals surface area contributed by atoms with Crippen LogP contribution in [0.25, 0.3) is 0 Å². The molecule has 2 N–H and O–H groups in total. The molecule has 0 fully saturated rings. The summed E-state index contributed by atoms with van der Waals surface area (Å²) in [5, 5.41) is 17.8. The van der Waals surface area contributed by atoms with Gasteiger partial charge in [-0.1, -0.05) is 38.1 Å². The standard InChI is InChI=1S/C17H23NOS/c1-12(2)14-4-6-15(7-5-14)17(19)9-18-8-16-11-20-10-13(16)3/h4-7,10-12,17-19H,8-9H2,1-3H3. The topological polar surface area (TPSA) is 32.3 Å². The van der Waals surface area contributed by atoms with Crippen LogP contribution in [0.2, 0.25) is 0 Å². The molecule has 1 aromatic carbocycles. The van der Waals surface area contributed by atoms with Crippen molar-refractivity contribution in [1.82, 2.24) is 5.32 Å². The van der Waals surface area contributed by atoms with Gasteiger partial charge in [-0.05, 0) is 45.9 Å². The molecule has 0 amide bonds. The Morgan fingerprint density at radius 2 is 1.75 bits per heavy atom. The summed E-state index contributed by atoms with van der Waals surface area (Å²) in [6.45, 7) is 7.87. The molecule has 0 spiro atoms. The van der Waals surface area contributed by atoms with Crippen LogP contribution < -0.4 is 5.32 Å². The minimum Gasteiger partial charge on any atom is -0.387 e. The van der Waals surface area contributed by atoms with Crippen molar-refractivity contribution in [1.29, 1.82) is 0 Å². The monoisotopic (exact) mass is 289 g/mol. The molecule has 2 aromatic rings. The molecule has 1 atom stereocenters. The van der Waals surface area contributed by atoms with E-state index in [1.807, 2.05) is 12.1 Å². The molecule has 1 aromatic heterocycles. The second-order valence-electron chi connectivity index (χ2n) is 5.55. The molecule has 0 saturated carbocycles. The number of hydrogen-bond acceptors (Lipinski definition) is 3. The molecule has 0 bridgehead atoms. The van der Waals surface area contributed by atoms with Crippen LogP contribution in [0.15, 0.2) is 35.0 Å². The van der Waals surface area contributed by atoms with Crippen molar-refractivity contribution in [2.24, 2.45) is 0 Å². The molecule has 0 radical (unpaired) electrons. The first-order valence-electron chi connectivity index (χ1n) is 7.08. The van der Waals surface area contributed by atoms with Crippen molar-refractivity contribution in [2.75, 3.05) is 6.54 Å². The second-order valence-corrected chi connectivity index (χ2v) is 6.29. The van der Waals surface area contributed by atoms with E-state index in [2.05, 4.69) is 49.0 Å². The van der Waals surface area contributed by atoms with Crippen LogP contribution in [0.4, 0.5) is 0 Å². The third-order valence-corrected chi connectivity index (χ3v) is 4.51. The van der Waals surface area contributed by atoms with Crippen molar-refractivity contribution < 1.29 is 5.11 Å². The van der Waals surface area contributed by atoms with Gasteiger partial charge in [0.25, 0.3) is 0 Å². The lowest BCUT2D eigenvalue weighted by Crippen LogP contribution is -2.21. The fourth-order valence-corrected chi connectivity index (χ4v) is 2.99. The zero-order chi connectivity index (χ0) is 14.5. The quantitative estimate of drug-likeness (QED) is 0.842. The summed E-state index contributed by atoms with van der Waals surface area (Å²) >= 11 is 1.72. The maximum Gasteiger partial charge on any atom is 0.0914 e. The lowest BCUT2D eigenvalue weighted by molar-refractivity contribution is 0.174. The molecule has 0 aliphatic heterocycles. The summed E-state index contributed by atoms with van der Waals surface area (Å²) in [5.41, 5.74) is 4.92. The highest BCUT2D eigenvalue weighted by Crippen LogP contribution is 2.19. The van der Waals surface area contributed by atoms with Crippen LogP contribution in [-0.2, 0) is 6.54 Å². The van der Waals surface area contributed by atoms with Crippen molar-refractivity contribution >= 4 is 11.3 Å². The van der Waals surface area contributed by atoms with E-state index in [0.717, 1.165) is 12.1 Å². The fourth-order valence-electron chi connectivity index (χ4n) is 2.13. The van der Waals surface area contributed by atoms with Crippen molar-refractivity contribution in [3.05, 3.63) is 57.3 Å². The summed E-state index contributed by atoms with van der Waals surface area (Å²) in [6, 6.07) is 8.26. The van der Waals surface area contributed by atoms with Crippen molar-refractivity contribution in [3.63, 3.8) is 0 Å². The van der Waals surface area contributed by atoms with Crippen LogP contribution in [0.1, 0.15) is 48.1 Å². The first-order valence-corrected chi connectivity index (χ1v) is 8.02. The van der Waals surface area contributed by atoms with E-state index < -0.39 is 6.10 Å². The van der Waals surface area contributed by atoms with E-state index in [9.17, 15) is 5.11 Å². The zero-order valence-electron chi connectivity index (χ0n) is 12.4. The SMILES string of the molecule is Cc1cscc1CNCC(O)c1ccc(C(C)C)cc1. The molecule has 1 unspecified atom stereocenters. The Hall–Kier alpha value is -1.16. The normalized spacial score (nSPS) is 12.8. The van der Waals surface area contributed by atoms with Crippen molar-refractivity contribution in [2.45, 2.75) is 39.3 Å². The van der Waals surface area contributed by atoms with Gasteiger partial charge in [0, 0.05) is 13.1 Å². The minimum absolute atomic E-state index is 0.449.